The molecule has 0 amide bonds. The zero-order valence-corrected chi connectivity index (χ0v) is 22.3. The predicted octanol–water partition coefficient (Wildman–Crippen LogP) is 4.80. The van der Waals surface area contributed by atoms with Crippen molar-refractivity contribution in [2.75, 3.05) is 24.6 Å². The van der Waals surface area contributed by atoms with Gasteiger partial charge in [0.15, 0.2) is 0 Å². The van der Waals surface area contributed by atoms with Gasteiger partial charge in [-0.15, -0.1) is 0 Å². The molecule has 0 spiro atoms. The molecule has 0 saturated carbocycles. The average molecular weight is 539 g/mol. The standard InChI is InChI=1S/C27H28F2N6O2S/c1-5-22-25(26(33-27(30)32-22)18-8-6-7-17(11-18)15-35(3)4)19-12-23(16(2)31-14-19)34-38(36,37)24-10-9-20(28)13-21(24)29/h6-14,34H,5,15H2,1-4H3,(H2,30,32,33). The fraction of sp³-hybridized carbons (Fsp3) is 0.222. The molecule has 2 aromatic heterocycles. The van der Waals surface area contributed by atoms with E-state index in [1.165, 1.54) is 0 Å². The molecule has 2 heterocycles. The Labute approximate surface area is 220 Å². The Bertz CT molecular complexity index is 1610. The number of rotatable bonds is 8. The molecular formula is C27H28F2N6O2S. The van der Waals surface area contributed by atoms with Gasteiger partial charge in [0.2, 0.25) is 5.95 Å². The van der Waals surface area contributed by atoms with Gasteiger partial charge in [-0.3, -0.25) is 9.71 Å². The number of nitrogens with zero attached hydrogens (tertiary/aromatic N) is 4. The SMILES string of the molecule is CCc1nc(N)nc(-c2cccc(CN(C)C)c2)c1-c1cnc(C)c(NS(=O)(=O)c2ccc(F)cc2F)c1. The lowest BCUT2D eigenvalue weighted by Crippen LogP contribution is -2.16. The van der Waals surface area contributed by atoms with E-state index in [0.717, 1.165) is 29.8 Å². The lowest BCUT2D eigenvalue weighted by atomic mass is 9.96. The van der Waals surface area contributed by atoms with Crippen molar-refractivity contribution in [2.24, 2.45) is 0 Å². The second kappa shape index (κ2) is 10.8. The van der Waals surface area contributed by atoms with E-state index in [0.29, 0.717) is 40.7 Å². The summed E-state index contributed by atoms with van der Waals surface area (Å²) in [6, 6.07) is 11.8. The maximum absolute atomic E-state index is 14.3. The van der Waals surface area contributed by atoms with E-state index >= 15 is 0 Å². The molecule has 8 nitrogen and oxygen atoms in total. The van der Waals surface area contributed by atoms with Crippen molar-refractivity contribution in [1.29, 1.82) is 0 Å². The monoisotopic (exact) mass is 538 g/mol. The summed E-state index contributed by atoms with van der Waals surface area (Å²) in [5.41, 5.74) is 10.9. The third-order valence-corrected chi connectivity index (χ3v) is 7.24. The van der Waals surface area contributed by atoms with Crippen LogP contribution in [0.25, 0.3) is 22.4 Å². The molecule has 0 atom stereocenters. The summed E-state index contributed by atoms with van der Waals surface area (Å²) in [7, 11) is -0.411. The van der Waals surface area contributed by atoms with Crippen LogP contribution in [0.5, 0.6) is 0 Å². The second-order valence-corrected chi connectivity index (χ2v) is 10.7. The molecule has 38 heavy (non-hydrogen) atoms. The first-order chi connectivity index (χ1) is 18.0. The number of sulfonamides is 1. The molecule has 198 valence electrons. The van der Waals surface area contributed by atoms with E-state index in [-0.39, 0.29) is 11.6 Å². The highest BCUT2D eigenvalue weighted by atomic mass is 32.2. The van der Waals surface area contributed by atoms with Gasteiger partial charge in [0.1, 0.15) is 16.5 Å². The van der Waals surface area contributed by atoms with Crippen molar-refractivity contribution in [2.45, 2.75) is 31.7 Å². The van der Waals surface area contributed by atoms with Gasteiger partial charge in [0.25, 0.3) is 10.0 Å². The zero-order valence-electron chi connectivity index (χ0n) is 21.5. The normalized spacial score (nSPS) is 11.7. The quantitative estimate of drug-likeness (QED) is 0.331. The Balaban J connectivity index is 1.84. The van der Waals surface area contributed by atoms with E-state index in [9.17, 15) is 17.2 Å². The van der Waals surface area contributed by atoms with E-state index in [4.69, 9.17) is 5.73 Å². The molecule has 0 unspecified atom stereocenters. The van der Waals surface area contributed by atoms with Gasteiger partial charge in [-0.25, -0.2) is 27.2 Å². The molecule has 4 rings (SSSR count). The van der Waals surface area contributed by atoms with Gasteiger partial charge in [-0.05, 0) is 57.3 Å². The number of pyridine rings is 1. The number of nitrogens with one attached hydrogen (secondary N) is 1. The molecule has 0 aliphatic heterocycles. The number of benzene rings is 2. The van der Waals surface area contributed by atoms with Gasteiger partial charge in [-0.2, -0.15) is 0 Å². The minimum absolute atomic E-state index is 0.117. The first kappa shape index (κ1) is 27.1. The molecule has 0 bridgehead atoms. The van der Waals surface area contributed by atoms with Gasteiger partial charge < -0.3 is 10.6 Å². The Kier molecular flexibility index (Phi) is 7.70. The van der Waals surface area contributed by atoms with Crippen molar-refractivity contribution in [3.63, 3.8) is 0 Å². The third-order valence-electron chi connectivity index (χ3n) is 5.84. The average Bonchev–Trinajstić information content (AvgIpc) is 2.84. The van der Waals surface area contributed by atoms with Crippen LogP contribution >= 0.6 is 0 Å². The topological polar surface area (TPSA) is 114 Å². The van der Waals surface area contributed by atoms with E-state index in [1.807, 2.05) is 45.3 Å². The van der Waals surface area contributed by atoms with Crippen molar-refractivity contribution < 1.29 is 17.2 Å². The summed E-state index contributed by atoms with van der Waals surface area (Å²) < 4.78 is 55.9. The Morgan fingerprint density at radius 3 is 2.47 bits per heavy atom. The largest absolute Gasteiger partial charge is 0.368 e. The minimum Gasteiger partial charge on any atom is -0.368 e. The molecule has 2 aromatic carbocycles. The smallest absolute Gasteiger partial charge is 0.264 e. The molecule has 0 radical (unpaired) electrons. The van der Waals surface area contributed by atoms with Crippen LogP contribution in [0, 0.1) is 18.6 Å². The van der Waals surface area contributed by atoms with Crippen molar-refractivity contribution in [3.05, 3.63) is 83.3 Å². The number of hydrogen-bond acceptors (Lipinski definition) is 7. The number of aromatic nitrogens is 3. The number of anilines is 2. The van der Waals surface area contributed by atoms with Crippen LogP contribution in [0.3, 0.4) is 0 Å². The third kappa shape index (κ3) is 5.79. The maximum atomic E-state index is 14.3. The van der Waals surface area contributed by atoms with Gasteiger partial charge in [-0.1, -0.05) is 25.1 Å². The highest BCUT2D eigenvalue weighted by molar-refractivity contribution is 7.92. The summed E-state index contributed by atoms with van der Waals surface area (Å²) in [6.07, 6.45) is 2.13. The molecule has 0 fully saturated rings. The molecule has 0 saturated heterocycles. The van der Waals surface area contributed by atoms with Crippen molar-refractivity contribution in [1.82, 2.24) is 19.9 Å². The van der Waals surface area contributed by atoms with Gasteiger partial charge >= 0.3 is 0 Å². The fourth-order valence-electron chi connectivity index (χ4n) is 4.14. The lowest BCUT2D eigenvalue weighted by Gasteiger charge is -2.17. The van der Waals surface area contributed by atoms with Crippen LogP contribution in [0.2, 0.25) is 0 Å². The van der Waals surface area contributed by atoms with E-state index in [2.05, 4.69) is 24.6 Å². The summed E-state index contributed by atoms with van der Waals surface area (Å²) >= 11 is 0. The highest BCUT2D eigenvalue weighted by Gasteiger charge is 2.23. The molecule has 4 aromatic rings. The number of nitrogens with two attached hydrogens (primary N) is 1. The molecule has 0 aliphatic rings. The second-order valence-electron chi connectivity index (χ2n) is 9.08. The number of nitrogen functional groups attached to an aromatic ring is 1. The summed E-state index contributed by atoms with van der Waals surface area (Å²) in [5.74, 6) is -1.95. The van der Waals surface area contributed by atoms with Crippen LogP contribution in [0.1, 0.15) is 23.9 Å². The number of hydrogen-bond donors (Lipinski definition) is 2. The number of aryl methyl sites for hydroxylation is 2. The molecular weight excluding hydrogens is 510 g/mol. The van der Waals surface area contributed by atoms with E-state index < -0.39 is 26.6 Å². The number of halogens is 2. The Morgan fingerprint density at radius 2 is 1.79 bits per heavy atom. The summed E-state index contributed by atoms with van der Waals surface area (Å²) in [4.78, 5) is 14.7. The summed E-state index contributed by atoms with van der Waals surface area (Å²) in [6.45, 7) is 4.27. The fourth-order valence-corrected chi connectivity index (χ4v) is 5.31. The maximum Gasteiger partial charge on any atom is 0.264 e. The minimum atomic E-state index is -4.37. The van der Waals surface area contributed by atoms with Crippen LogP contribution in [0.15, 0.2) is 59.6 Å². The molecule has 11 heteroatoms. The van der Waals surface area contributed by atoms with E-state index in [1.54, 1.807) is 19.2 Å². The highest BCUT2D eigenvalue weighted by Crippen LogP contribution is 2.36. The zero-order chi connectivity index (χ0) is 27.6. The van der Waals surface area contributed by atoms with Crippen LogP contribution < -0.4 is 10.5 Å². The van der Waals surface area contributed by atoms with Crippen LogP contribution in [-0.2, 0) is 23.0 Å². The van der Waals surface area contributed by atoms with Gasteiger partial charge in [0.05, 0.1) is 22.8 Å². The Morgan fingerprint density at radius 1 is 1.03 bits per heavy atom. The van der Waals surface area contributed by atoms with Crippen molar-refractivity contribution in [3.8, 4) is 22.4 Å². The first-order valence-electron chi connectivity index (χ1n) is 11.8. The molecule has 0 aliphatic carbocycles. The van der Waals surface area contributed by atoms with Gasteiger partial charge in [0, 0.05) is 35.5 Å². The molecule has 3 N–H and O–H groups in total. The van der Waals surface area contributed by atoms with Crippen LogP contribution in [0.4, 0.5) is 20.4 Å². The Hall–Kier alpha value is -3.96. The lowest BCUT2D eigenvalue weighted by molar-refractivity contribution is 0.402. The van der Waals surface area contributed by atoms with Crippen LogP contribution in [-0.4, -0.2) is 42.4 Å². The predicted molar refractivity (Wildman–Crippen MR) is 144 cm³/mol. The van der Waals surface area contributed by atoms with Crippen molar-refractivity contribution >= 4 is 21.7 Å². The summed E-state index contributed by atoms with van der Waals surface area (Å²) in [5, 5.41) is 0. The first-order valence-corrected chi connectivity index (χ1v) is 13.3.